The van der Waals surface area contributed by atoms with Crippen molar-refractivity contribution >= 4 is 11.8 Å². The number of hydrogen-bond donors (Lipinski definition) is 2. The zero-order valence-corrected chi connectivity index (χ0v) is 9.95. The van der Waals surface area contributed by atoms with E-state index in [2.05, 4.69) is 14.5 Å². The van der Waals surface area contributed by atoms with Gasteiger partial charge in [0, 0.05) is 17.7 Å². The van der Waals surface area contributed by atoms with E-state index in [1.807, 2.05) is 0 Å². The second-order valence-electron chi connectivity index (χ2n) is 3.47. The monoisotopic (exact) mass is 279 g/mol. The van der Waals surface area contributed by atoms with Crippen molar-refractivity contribution in [3.63, 3.8) is 0 Å². The predicted octanol–water partition coefficient (Wildman–Crippen LogP) is 0.737. The van der Waals surface area contributed by atoms with Crippen LogP contribution in [-0.2, 0) is 22.5 Å². The molecule has 0 unspecified atom stereocenters. The number of nitrogens with zero attached hydrogens (tertiary/aromatic N) is 1. The number of pyridine rings is 1. The SMILES string of the molecule is COC(=O)Cc1c(OC(F)(F)F)cnc(N)c1CN. The first-order valence-corrected chi connectivity index (χ1v) is 5.07. The second-order valence-corrected chi connectivity index (χ2v) is 3.47. The summed E-state index contributed by atoms with van der Waals surface area (Å²) in [6.45, 7) is -0.180. The largest absolute Gasteiger partial charge is 0.573 e. The number of nitrogens with two attached hydrogens (primary N) is 2. The molecule has 0 aliphatic heterocycles. The Hall–Kier alpha value is -2.03. The number of ether oxygens (including phenoxy) is 2. The van der Waals surface area contributed by atoms with Gasteiger partial charge in [-0.1, -0.05) is 0 Å². The molecule has 0 aliphatic rings. The minimum atomic E-state index is -4.91. The quantitative estimate of drug-likeness (QED) is 0.788. The van der Waals surface area contributed by atoms with Crippen molar-refractivity contribution < 1.29 is 27.4 Å². The molecule has 106 valence electrons. The molecule has 1 aromatic heterocycles. The van der Waals surface area contributed by atoms with Gasteiger partial charge in [-0.15, -0.1) is 13.2 Å². The molecule has 1 heterocycles. The molecule has 0 amide bonds. The third kappa shape index (κ3) is 3.98. The second kappa shape index (κ2) is 5.74. The molecule has 1 aromatic rings. The number of hydrogen-bond acceptors (Lipinski definition) is 6. The van der Waals surface area contributed by atoms with Crippen LogP contribution in [0.3, 0.4) is 0 Å². The zero-order chi connectivity index (χ0) is 14.6. The third-order valence-corrected chi connectivity index (χ3v) is 2.27. The molecule has 0 saturated carbocycles. The number of esters is 1. The highest BCUT2D eigenvalue weighted by molar-refractivity contribution is 5.75. The summed E-state index contributed by atoms with van der Waals surface area (Å²) in [4.78, 5) is 14.8. The summed E-state index contributed by atoms with van der Waals surface area (Å²) in [5.74, 6) is -1.42. The number of carbonyl (C=O) groups excluding carboxylic acids is 1. The van der Waals surface area contributed by atoms with Crippen LogP contribution >= 0.6 is 0 Å². The average molecular weight is 279 g/mol. The molecule has 1 rings (SSSR count). The van der Waals surface area contributed by atoms with Crippen molar-refractivity contribution in [2.75, 3.05) is 12.8 Å². The summed E-state index contributed by atoms with van der Waals surface area (Å²) < 4.78 is 44.9. The molecule has 0 saturated heterocycles. The van der Waals surface area contributed by atoms with Crippen molar-refractivity contribution in [3.8, 4) is 5.75 Å². The number of methoxy groups -OCH3 is 1. The molecule has 0 fully saturated rings. The Kier molecular flexibility index (Phi) is 4.54. The first-order chi connectivity index (χ1) is 8.78. The van der Waals surface area contributed by atoms with Gasteiger partial charge in [-0.05, 0) is 0 Å². The predicted molar refractivity (Wildman–Crippen MR) is 58.9 cm³/mol. The number of carbonyl (C=O) groups is 1. The first kappa shape index (κ1) is 15.0. The number of anilines is 1. The van der Waals surface area contributed by atoms with Crippen molar-refractivity contribution in [3.05, 3.63) is 17.3 Å². The molecular formula is C10H12F3N3O3. The Bertz CT molecular complexity index is 477. The fourth-order valence-corrected chi connectivity index (χ4v) is 1.44. The standard InChI is InChI=1S/C10H12F3N3O3/c1-18-8(17)2-5-6(3-14)9(15)16-4-7(5)19-10(11,12)13/h4H,2-3,14H2,1H3,(H2,15,16). The fraction of sp³-hybridized carbons (Fsp3) is 0.400. The van der Waals surface area contributed by atoms with Crippen molar-refractivity contribution in [2.24, 2.45) is 5.73 Å². The number of aromatic nitrogens is 1. The topological polar surface area (TPSA) is 100 Å². The van der Waals surface area contributed by atoms with Crippen molar-refractivity contribution in [2.45, 2.75) is 19.3 Å². The lowest BCUT2D eigenvalue weighted by Gasteiger charge is -2.16. The van der Waals surface area contributed by atoms with Gasteiger partial charge >= 0.3 is 12.3 Å². The Balaban J connectivity index is 3.25. The summed E-state index contributed by atoms with van der Waals surface area (Å²) in [5.41, 5.74) is 10.9. The highest BCUT2D eigenvalue weighted by Gasteiger charge is 2.33. The summed E-state index contributed by atoms with van der Waals surface area (Å²) in [6, 6.07) is 0. The molecular weight excluding hydrogens is 267 g/mol. The van der Waals surface area contributed by atoms with E-state index >= 15 is 0 Å². The zero-order valence-electron chi connectivity index (χ0n) is 9.95. The summed E-state index contributed by atoms with van der Waals surface area (Å²) in [7, 11) is 1.11. The van der Waals surface area contributed by atoms with E-state index in [9.17, 15) is 18.0 Å². The summed E-state index contributed by atoms with van der Waals surface area (Å²) >= 11 is 0. The molecule has 0 atom stereocenters. The minimum absolute atomic E-state index is 0.0593. The van der Waals surface area contributed by atoms with Crippen LogP contribution in [0.25, 0.3) is 0 Å². The Morgan fingerprint density at radius 3 is 2.53 bits per heavy atom. The molecule has 9 heteroatoms. The minimum Gasteiger partial charge on any atom is -0.469 e. The molecule has 0 aliphatic carbocycles. The number of alkyl halides is 3. The smallest absolute Gasteiger partial charge is 0.469 e. The lowest BCUT2D eigenvalue weighted by molar-refractivity contribution is -0.275. The first-order valence-electron chi connectivity index (χ1n) is 5.07. The van der Waals surface area contributed by atoms with Gasteiger partial charge in [-0.2, -0.15) is 0 Å². The van der Waals surface area contributed by atoms with Crippen LogP contribution in [0.1, 0.15) is 11.1 Å². The van der Waals surface area contributed by atoms with E-state index in [0.717, 1.165) is 13.3 Å². The van der Waals surface area contributed by atoms with E-state index in [0.29, 0.717) is 0 Å². The normalized spacial score (nSPS) is 11.2. The van der Waals surface area contributed by atoms with E-state index in [-0.39, 0.29) is 23.5 Å². The Morgan fingerprint density at radius 2 is 2.05 bits per heavy atom. The Labute approximate surface area is 106 Å². The highest BCUT2D eigenvalue weighted by atomic mass is 19.4. The maximum Gasteiger partial charge on any atom is 0.573 e. The van der Waals surface area contributed by atoms with Gasteiger partial charge in [-0.25, -0.2) is 4.98 Å². The van der Waals surface area contributed by atoms with E-state index in [1.54, 1.807) is 0 Å². The average Bonchev–Trinajstić information content (AvgIpc) is 2.31. The van der Waals surface area contributed by atoms with Crippen LogP contribution in [0.2, 0.25) is 0 Å². The third-order valence-electron chi connectivity index (χ3n) is 2.27. The van der Waals surface area contributed by atoms with Gasteiger partial charge in [0.05, 0.1) is 19.7 Å². The number of nitrogen functional groups attached to an aromatic ring is 1. The van der Waals surface area contributed by atoms with Crippen LogP contribution in [0.4, 0.5) is 19.0 Å². The van der Waals surface area contributed by atoms with Crippen LogP contribution in [0, 0.1) is 0 Å². The van der Waals surface area contributed by atoms with E-state index in [4.69, 9.17) is 11.5 Å². The molecule has 4 N–H and O–H groups in total. The van der Waals surface area contributed by atoms with Crippen LogP contribution in [0.5, 0.6) is 5.75 Å². The lowest BCUT2D eigenvalue weighted by atomic mass is 10.1. The maximum absolute atomic E-state index is 12.2. The fourth-order valence-electron chi connectivity index (χ4n) is 1.44. The van der Waals surface area contributed by atoms with Crippen molar-refractivity contribution in [1.29, 1.82) is 0 Å². The van der Waals surface area contributed by atoms with E-state index in [1.165, 1.54) is 0 Å². The summed E-state index contributed by atoms with van der Waals surface area (Å²) in [5, 5.41) is 0. The molecule has 6 nitrogen and oxygen atoms in total. The van der Waals surface area contributed by atoms with Gasteiger partial charge in [0.1, 0.15) is 5.82 Å². The van der Waals surface area contributed by atoms with Crippen LogP contribution in [0.15, 0.2) is 6.20 Å². The van der Waals surface area contributed by atoms with Gasteiger partial charge in [-0.3, -0.25) is 4.79 Å². The van der Waals surface area contributed by atoms with Gasteiger partial charge in [0.25, 0.3) is 0 Å². The van der Waals surface area contributed by atoms with Crippen LogP contribution < -0.4 is 16.2 Å². The van der Waals surface area contributed by atoms with E-state index < -0.39 is 24.5 Å². The van der Waals surface area contributed by atoms with Crippen LogP contribution in [-0.4, -0.2) is 24.4 Å². The number of rotatable bonds is 4. The highest BCUT2D eigenvalue weighted by Crippen LogP contribution is 2.30. The summed E-state index contributed by atoms with van der Waals surface area (Å²) in [6.07, 6.45) is -4.56. The van der Waals surface area contributed by atoms with Gasteiger partial charge < -0.3 is 20.9 Å². The van der Waals surface area contributed by atoms with Gasteiger partial charge in [0.15, 0.2) is 5.75 Å². The molecule has 0 bridgehead atoms. The molecule has 0 spiro atoms. The lowest BCUT2D eigenvalue weighted by Crippen LogP contribution is -2.21. The molecule has 0 radical (unpaired) electrons. The maximum atomic E-state index is 12.2. The molecule has 0 aromatic carbocycles. The number of halogens is 3. The van der Waals surface area contributed by atoms with Gasteiger partial charge in [0.2, 0.25) is 0 Å². The molecule has 19 heavy (non-hydrogen) atoms. The Morgan fingerprint density at radius 1 is 1.42 bits per heavy atom. The van der Waals surface area contributed by atoms with Crippen molar-refractivity contribution in [1.82, 2.24) is 4.98 Å².